The van der Waals surface area contributed by atoms with Gasteiger partial charge in [0.15, 0.2) is 5.78 Å². The molecule has 1 N–H and O–H groups in total. The Kier molecular flexibility index (Phi) is 3.48. The molecule has 0 aromatic heterocycles. The van der Waals surface area contributed by atoms with Gasteiger partial charge < -0.3 is 5.11 Å². The van der Waals surface area contributed by atoms with Crippen molar-refractivity contribution in [2.24, 2.45) is 5.41 Å². The van der Waals surface area contributed by atoms with Crippen molar-refractivity contribution in [2.45, 2.75) is 26.4 Å². The number of hydrogen-bond acceptors (Lipinski definition) is 2. The van der Waals surface area contributed by atoms with Gasteiger partial charge >= 0.3 is 0 Å². The zero-order chi connectivity index (χ0) is 13.2. The number of benzene rings is 1. The van der Waals surface area contributed by atoms with Crippen LogP contribution in [0.5, 0.6) is 0 Å². The van der Waals surface area contributed by atoms with Gasteiger partial charge in [0.1, 0.15) is 6.10 Å². The van der Waals surface area contributed by atoms with Gasteiger partial charge in [0.25, 0.3) is 0 Å². The Balaban J connectivity index is 2.25. The van der Waals surface area contributed by atoms with E-state index in [1.54, 1.807) is 12.1 Å². The summed E-state index contributed by atoms with van der Waals surface area (Å²) in [5.41, 5.74) is 1.12. The molecule has 1 aliphatic carbocycles. The third-order valence-electron chi connectivity index (χ3n) is 3.40. The topological polar surface area (TPSA) is 37.3 Å². The Morgan fingerprint density at radius 3 is 2.61 bits per heavy atom. The lowest BCUT2D eigenvalue weighted by molar-refractivity contribution is -0.134. The standard InChI is InChI=1S/C16H18O2/c1-12-7-6-10-16(2,11-12)15(18)14(17)13-8-4-3-5-9-13/h3-9,11,14,17H,10H2,1-2H3. The number of hydrogen-bond donors (Lipinski definition) is 1. The lowest BCUT2D eigenvalue weighted by Gasteiger charge is -2.28. The van der Waals surface area contributed by atoms with Gasteiger partial charge in [0, 0.05) is 0 Å². The Labute approximate surface area is 108 Å². The van der Waals surface area contributed by atoms with E-state index in [4.69, 9.17) is 0 Å². The molecule has 0 saturated carbocycles. The van der Waals surface area contributed by atoms with Gasteiger partial charge in [-0.15, -0.1) is 0 Å². The van der Waals surface area contributed by atoms with Crippen LogP contribution in [-0.4, -0.2) is 10.9 Å². The summed E-state index contributed by atoms with van der Waals surface area (Å²) in [6.07, 6.45) is 5.54. The van der Waals surface area contributed by atoms with Crippen molar-refractivity contribution in [2.75, 3.05) is 0 Å². The predicted molar refractivity (Wildman–Crippen MR) is 72.0 cm³/mol. The van der Waals surface area contributed by atoms with Crippen molar-refractivity contribution < 1.29 is 9.90 Å². The molecule has 2 rings (SSSR count). The highest BCUT2D eigenvalue weighted by Gasteiger charge is 2.35. The highest BCUT2D eigenvalue weighted by molar-refractivity contribution is 5.91. The molecule has 0 aliphatic heterocycles. The van der Waals surface area contributed by atoms with Crippen molar-refractivity contribution in [3.8, 4) is 0 Å². The zero-order valence-electron chi connectivity index (χ0n) is 10.8. The molecule has 0 radical (unpaired) electrons. The molecule has 2 atom stereocenters. The SMILES string of the molecule is CC1=CC(C)(C(=O)C(O)c2ccccc2)CC=C1. The predicted octanol–water partition coefficient (Wildman–Crippen LogP) is 3.20. The van der Waals surface area contributed by atoms with Crippen LogP contribution in [0, 0.1) is 5.41 Å². The number of aliphatic hydroxyl groups is 1. The summed E-state index contributed by atoms with van der Waals surface area (Å²) in [6, 6.07) is 9.09. The Hall–Kier alpha value is -1.67. The van der Waals surface area contributed by atoms with Crippen LogP contribution in [0.1, 0.15) is 31.9 Å². The fourth-order valence-corrected chi connectivity index (χ4v) is 2.37. The smallest absolute Gasteiger partial charge is 0.175 e. The van der Waals surface area contributed by atoms with Gasteiger partial charge in [-0.05, 0) is 25.8 Å². The van der Waals surface area contributed by atoms with E-state index in [1.807, 2.05) is 50.3 Å². The number of ketones is 1. The minimum atomic E-state index is -1.05. The van der Waals surface area contributed by atoms with Crippen molar-refractivity contribution >= 4 is 5.78 Å². The molecule has 0 heterocycles. The van der Waals surface area contributed by atoms with Crippen LogP contribution >= 0.6 is 0 Å². The molecular weight excluding hydrogens is 224 g/mol. The number of aliphatic hydroxyl groups excluding tert-OH is 1. The van der Waals surface area contributed by atoms with Crippen LogP contribution in [0.2, 0.25) is 0 Å². The van der Waals surface area contributed by atoms with Gasteiger partial charge in [-0.25, -0.2) is 0 Å². The minimum Gasteiger partial charge on any atom is -0.381 e. The molecule has 0 fully saturated rings. The first-order valence-electron chi connectivity index (χ1n) is 6.16. The van der Waals surface area contributed by atoms with E-state index in [-0.39, 0.29) is 5.78 Å². The molecule has 0 amide bonds. The van der Waals surface area contributed by atoms with E-state index in [0.717, 1.165) is 5.57 Å². The highest BCUT2D eigenvalue weighted by atomic mass is 16.3. The summed E-state index contributed by atoms with van der Waals surface area (Å²) in [7, 11) is 0. The van der Waals surface area contributed by atoms with Gasteiger partial charge in [0.2, 0.25) is 0 Å². The van der Waals surface area contributed by atoms with Crippen LogP contribution in [0.3, 0.4) is 0 Å². The van der Waals surface area contributed by atoms with Gasteiger partial charge in [0.05, 0.1) is 5.41 Å². The number of allylic oxidation sites excluding steroid dienone is 4. The Morgan fingerprint density at radius 2 is 2.00 bits per heavy atom. The normalized spacial score (nSPS) is 24.5. The van der Waals surface area contributed by atoms with Gasteiger partial charge in [-0.2, -0.15) is 0 Å². The molecule has 2 heteroatoms. The second-order valence-corrected chi connectivity index (χ2v) is 5.09. The lowest BCUT2D eigenvalue weighted by Crippen LogP contribution is -2.31. The lowest BCUT2D eigenvalue weighted by atomic mass is 9.75. The molecule has 1 aromatic carbocycles. The summed E-state index contributed by atoms with van der Waals surface area (Å²) in [5, 5.41) is 10.2. The Bertz CT molecular complexity index is 499. The molecule has 94 valence electrons. The number of rotatable bonds is 3. The van der Waals surface area contributed by atoms with Crippen molar-refractivity contribution in [1.29, 1.82) is 0 Å². The van der Waals surface area contributed by atoms with E-state index in [9.17, 15) is 9.90 Å². The quantitative estimate of drug-likeness (QED) is 0.883. The van der Waals surface area contributed by atoms with Crippen molar-refractivity contribution in [3.05, 3.63) is 59.7 Å². The van der Waals surface area contributed by atoms with E-state index < -0.39 is 11.5 Å². The van der Waals surface area contributed by atoms with Crippen LogP contribution in [0.15, 0.2) is 54.1 Å². The first kappa shape index (κ1) is 12.8. The summed E-state index contributed by atoms with van der Waals surface area (Å²) in [6.45, 7) is 3.85. The Morgan fingerprint density at radius 1 is 1.33 bits per heavy atom. The molecule has 0 saturated heterocycles. The fourth-order valence-electron chi connectivity index (χ4n) is 2.37. The fraction of sp³-hybridized carbons (Fsp3) is 0.312. The molecule has 1 aromatic rings. The molecular formula is C16H18O2. The van der Waals surface area contributed by atoms with E-state index in [0.29, 0.717) is 12.0 Å². The molecule has 0 spiro atoms. The number of carbonyl (C=O) groups is 1. The number of Topliss-reactive ketones (excluding diaryl/α,β-unsaturated/α-hetero) is 1. The maximum absolute atomic E-state index is 12.4. The monoisotopic (exact) mass is 242 g/mol. The minimum absolute atomic E-state index is 0.141. The van der Waals surface area contributed by atoms with Crippen LogP contribution in [0.4, 0.5) is 0 Å². The van der Waals surface area contributed by atoms with Crippen LogP contribution in [-0.2, 0) is 4.79 Å². The average Bonchev–Trinajstić information content (AvgIpc) is 2.38. The maximum Gasteiger partial charge on any atom is 0.175 e. The van der Waals surface area contributed by atoms with E-state index in [1.165, 1.54) is 0 Å². The largest absolute Gasteiger partial charge is 0.381 e. The average molecular weight is 242 g/mol. The molecule has 0 bridgehead atoms. The van der Waals surface area contributed by atoms with Crippen molar-refractivity contribution in [1.82, 2.24) is 0 Å². The van der Waals surface area contributed by atoms with Crippen LogP contribution < -0.4 is 0 Å². The molecule has 18 heavy (non-hydrogen) atoms. The van der Waals surface area contributed by atoms with Crippen LogP contribution in [0.25, 0.3) is 0 Å². The molecule has 2 unspecified atom stereocenters. The first-order valence-corrected chi connectivity index (χ1v) is 6.16. The second-order valence-electron chi connectivity index (χ2n) is 5.09. The number of carbonyl (C=O) groups excluding carboxylic acids is 1. The molecule has 2 nitrogen and oxygen atoms in total. The van der Waals surface area contributed by atoms with Gasteiger partial charge in [-0.1, -0.05) is 54.1 Å². The third-order valence-corrected chi connectivity index (χ3v) is 3.40. The summed E-state index contributed by atoms with van der Waals surface area (Å²) in [5.74, 6) is -0.141. The first-order chi connectivity index (χ1) is 8.53. The zero-order valence-corrected chi connectivity index (χ0v) is 10.8. The second kappa shape index (κ2) is 4.91. The van der Waals surface area contributed by atoms with Gasteiger partial charge in [-0.3, -0.25) is 4.79 Å². The van der Waals surface area contributed by atoms with E-state index >= 15 is 0 Å². The maximum atomic E-state index is 12.4. The third kappa shape index (κ3) is 2.44. The summed E-state index contributed by atoms with van der Waals surface area (Å²) < 4.78 is 0. The highest BCUT2D eigenvalue weighted by Crippen LogP contribution is 2.35. The summed E-state index contributed by atoms with van der Waals surface area (Å²) in [4.78, 5) is 12.4. The molecule has 1 aliphatic rings. The van der Waals surface area contributed by atoms with Crippen molar-refractivity contribution in [3.63, 3.8) is 0 Å². The van der Waals surface area contributed by atoms with E-state index in [2.05, 4.69) is 0 Å². The summed E-state index contributed by atoms with van der Waals surface area (Å²) >= 11 is 0.